The van der Waals surface area contributed by atoms with Crippen LogP contribution in [0, 0.1) is 11.7 Å². The molecule has 1 aromatic carbocycles. The van der Waals surface area contributed by atoms with Gasteiger partial charge in [0.1, 0.15) is 11.9 Å². The van der Waals surface area contributed by atoms with Crippen LogP contribution < -0.4 is 14.8 Å². The highest BCUT2D eigenvalue weighted by Gasteiger charge is 2.29. The molecular weight excluding hydrogens is 354 g/mol. The Morgan fingerprint density at radius 3 is 2.75 bits per heavy atom. The van der Waals surface area contributed by atoms with E-state index in [1.165, 1.54) is 19.2 Å². The molecule has 2 heterocycles. The maximum Gasteiger partial charge on any atom is 0.165 e. The highest BCUT2D eigenvalue weighted by Crippen LogP contribution is 2.38. The summed E-state index contributed by atoms with van der Waals surface area (Å²) in [6.45, 7) is 1.71. The largest absolute Gasteiger partial charge is 0.493 e. The first-order valence-electron chi connectivity index (χ1n) is 7.59. The molecule has 1 N–H and O–H groups in total. The van der Waals surface area contributed by atoms with Gasteiger partial charge in [-0.05, 0) is 19.0 Å². The van der Waals surface area contributed by atoms with Crippen LogP contribution in [0.1, 0.15) is 18.1 Å². The molecule has 1 aromatic heterocycles. The van der Waals surface area contributed by atoms with E-state index in [1.807, 2.05) is 6.07 Å². The third-order valence-corrected chi connectivity index (χ3v) is 4.54. The number of halogens is 3. The molecule has 1 unspecified atom stereocenters. The van der Waals surface area contributed by atoms with Crippen LogP contribution in [0.5, 0.6) is 11.5 Å². The van der Waals surface area contributed by atoms with Crippen molar-refractivity contribution >= 4 is 23.2 Å². The fraction of sp³-hybridized carbons (Fsp3) is 0.353. The van der Waals surface area contributed by atoms with Crippen molar-refractivity contribution in [1.29, 1.82) is 0 Å². The Balaban J connectivity index is 1.96. The number of methoxy groups -OCH3 is 1. The Labute approximate surface area is 149 Å². The molecule has 1 fully saturated rings. The minimum atomic E-state index is -0.556. The lowest BCUT2D eigenvalue weighted by Gasteiger charge is -2.25. The molecular formula is C17H17Cl2FN2O2. The molecule has 0 aliphatic carbocycles. The van der Waals surface area contributed by atoms with Crippen molar-refractivity contribution in [3.05, 3.63) is 52.0 Å². The average Bonchev–Trinajstić information content (AvgIpc) is 3.09. The summed E-state index contributed by atoms with van der Waals surface area (Å²) in [5.41, 5.74) is 0.841. The SMILES string of the molecule is COc1cc(Cl)c(F)cc1OC(c1cncc(Cl)c1)[C@H]1CCNC1. The van der Waals surface area contributed by atoms with Gasteiger partial charge in [0.2, 0.25) is 0 Å². The van der Waals surface area contributed by atoms with Gasteiger partial charge in [-0.1, -0.05) is 23.2 Å². The monoisotopic (exact) mass is 370 g/mol. The summed E-state index contributed by atoms with van der Waals surface area (Å²) < 4.78 is 25.3. The van der Waals surface area contributed by atoms with Gasteiger partial charge < -0.3 is 14.8 Å². The van der Waals surface area contributed by atoms with Gasteiger partial charge >= 0.3 is 0 Å². The standard InChI is InChI=1S/C17H17Cl2FN2O2/c1-23-15-5-13(19)14(20)6-16(15)24-17(10-2-3-21-7-10)11-4-12(18)9-22-8-11/h4-6,8-10,17,21H,2-3,7H2,1H3/t10-,17?/m0/s1. The van der Waals surface area contributed by atoms with Gasteiger partial charge in [-0.25, -0.2) is 4.39 Å². The predicted molar refractivity (Wildman–Crippen MR) is 91.6 cm³/mol. The lowest BCUT2D eigenvalue weighted by atomic mass is 9.96. The Bertz CT molecular complexity index is 724. The summed E-state index contributed by atoms with van der Waals surface area (Å²) >= 11 is 11.9. The molecule has 0 bridgehead atoms. The van der Waals surface area contributed by atoms with E-state index >= 15 is 0 Å². The highest BCUT2D eigenvalue weighted by molar-refractivity contribution is 6.31. The number of pyridine rings is 1. The summed E-state index contributed by atoms with van der Waals surface area (Å²) in [4.78, 5) is 4.13. The topological polar surface area (TPSA) is 43.4 Å². The number of benzene rings is 1. The van der Waals surface area contributed by atoms with Crippen molar-refractivity contribution in [3.8, 4) is 11.5 Å². The summed E-state index contributed by atoms with van der Waals surface area (Å²) in [6.07, 6.45) is 3.90. The maximum atomic E-state index is 13.9. The second-order valence-electron chi connectivity index (χ2n) is 5.64. The van der Waals surface area contributed by atoms with Crippen LogP contribution in [-0.4, -0.2) is 25.2 Å². The van der Waals surface area contributed by atoms with Crippen molar-refractivity contribution in [2.75, 3.05) is 20.2 Å². The van der Waals surface area contributed by atoms with E-state index in [2.05, 4.69) is 10.3 Å². The number of rotatable bonds is 5. The van der Waals surface area contributed by atoms with Crippen molar-refractivity contribution in [2.45, 2.75) is 12.5 Å². The Hall–Kier alpha value is -1.56. The molecule has 1 saturated heterocycles. The molecule has 2 aromatic rings. The Morgan fingerprint density at radius 1 is 1.25 bits per heavy atom. The van der Waals surface area contributed by atoms with Gasteiger partial charge in [-0.15, -0.1) is 0 Å². The molecule has 0 amide bonds. The van der Waals surface area contributed by atoms with E-state index in [-0.39, 0.29) is 17.0 Å². The molecule has 1 aliphatic heterocycles. The molecule has 0 radical (unpaired) electrons. The van der Waals surface area contributed by atoms with Crippen LogP contribution >= 0.6 is 23.2 Å². The fourth-order valence-corrected chi connectivity index (χ4v) is 3.19. The van der Waals surface area contributed by atoms with E-state index in [4.69, 9.17) is 32.7 Å². The van der Waals surface area contributed by atoms with Gasteiger partial charge in [-0.3, -0.25) is 4.98 Å². The highest BCUT2D eigenvalue weighted by atomic mass is 35.5. The zero-order chi connectivity index (χ0) is 17.1. The third kappa shape index (κ3) is 3.74. The first-order valence-corrected chi connectivity index (χ1v) is 8.35. The molecule has 1 aliphatic rings. The molecule has 2 atom stereocenters. The van der Waals surface area contributed by atoms with Gasteiger partial charge in [0, 0.05) is 42.6 Å². The maximum absolute atomic E-state index is 13.9. The van der Waals surface area contributed by atoms with E-state index in [9.17, 15) is 4.39 Å². The van der Waals surface area contributed by atoms with Crippen LogP contribution in [0.4, 0.5) is 4.39 Å². The second-order valence-corrected chi connectivity index (χ2v) is 6.49. The number of aromatic nitrogens is 1. The summed E-state index contributed by atoms with van der Waals surface area (Å²) in [6, 6.07) is 4.47. The molecule has 3 rings (SSSR count). The molecule has 24 heavy (non-hydrogen) atoms. The van der Waals surface area contributed by atoms with E-state index in [1.54, 1.807) is 12.4 Å². The second kappa shape index (κ2) is 7.55. The van der Waals surface area contributed by atoms with Gasteiger partial charge in [-0.2, -0.15) is 0 Å². The Morgan fingerprint density at radius 2 is 2.08 bits per heavy atom. The molecule has 7 heteroatoms. The first kappa shape index (κ1) is 17.3. The minimum Gasteiger partial charge on any atom is -0.493 e. The third-order valence-electron chi connectivity index (χ3n) is 4.04. The molecule has 4 nitrogen and oxygen atoms in total. The predicted octanol–water partition coefficient (Wildman–Crippen LogP) is 4.27. The molecule has 0 saturated carbocycles. The van der Waals surface area contributed by atoms with E-state index in [0.29, 0.717) is 16.5 Å². The Kier molecular flexibility index (Phi) is 5.43. The number of ether oxygens (including phenoxy) is 2. The zero-order valence-electron chi connectivity index (χ0n) is 13.1. The smallest absolute Gasteiger partial charge is 0.165 e. The quantitative estimate of drug-likeness (QED) is 0.853. The average molecular weight is 371 g/mol. The lowest BCUT2D eigenvalue weighted by molar-refractivity contribution is 0.138. The lowest BCUT2D eigenvalue weighted by Crippen LogP contribution is -2.22. The molecule has 0 spiro atoms. The zero-order valence-corrected chi connectivity index (χ0v) is 14.6. The minimum absolute atomic E-state index is 0.0114. The van der Waals surface area contributed by atoms with E-state index in [0.717, 1.165) is 25.1 Å². The van der Waals surface area contributed by atoms with Crippen molar-refractivity contribution in [1.82, 2.24) is 10.3 Å². The summed E-state index contributed by atoms with van der Waals surface area (Å²) in [5, 5.41) is 3.83. The fourth-order valence-electron chi connectivity index (χ4n) is 2.85. The van der Waals surface area contributed by atoms with Crippen LogP contribution in [0.3, 0.4) is 0 Å². The van der Waals surface area contributed by atoms with Crippen molar-refractivity contribution < 1.29 is 13.9 Å². The van der Waals surface area contributed by atoms with Crippen molar-refractivity contribution in [3.63, 3.8) is 0 Å². The van der Waals surface area contributed by atoms with Crippen molar-refractivity contribution in [2.24, 2.45) is 5.92 Å². The van der Waals surface area contributed by atoms with Gasteiger partial charge in [0.05, 0.1) is 17.2 Å². The van der Waals surface area contributed by atoms with Crippen LogP contribution in [0.25, 0.3) is 0 Å². The number of hydrogen-bond acceptors (Lipinski definition) is 4. The van der Waals surface area contributed by atoms with E-state index < -0.39 is 5.82 Å². The van der Waals surface area contributed by atoms with Crippen LogP contribution in [0.15, 0.2) is 30.6 Å². The van der Waals surface area contributed by atoms with Crippen LogP contribution in [-0.2, 0) is 0 Å². The van der Waals surface area contributed by atoms with Gasteiger partial charge in [0.15, 0.2) is 11.5 Å². The normalized spacial score (nSPS) is 18.4. The number of hydrogen-bond donors (Lipinski definition) is 1. The molecule has 128 valence electrons. The summed E-state index contributed by atoms with van der Waals surface area (Å²) in [7, 11) is 1.49. The number of nitrogens with zero attached hydrogens (tertiary/aromatic N) is 1. The number of nitrogens with one attached hydrogen (secondary N) is 1. The summed E-state index contributed by atoms with van der Waals surface area (Å²) in [5.74, 6) is 0.345. The first-order chi connectivity index (χ1) is 11.6. The van der Waals surface area contributed by atoms with Gasteiger partial charge in [0.25, 0.3) is 0 Å². The van der Waals surface area contributed by atoms with Crippen LogP contribution in [0.2, 0.25) is 10.0 Å².